The van der Waals surface area contributed by atoms with E-state index in [0.717, 1.165) is 42.7 Å². The molecule has 32 heavy (non-hydrogen) atoms. The van der Waals surface area contributed by atoms with Gasteiger partial charge in [0.15, 0.2) is 0 Å². The Morgan fingerprint density at radius 3 is 2.66 bits per heavy atom. The Labute approximate surface area is 192 Å². The van der Waals surface area contributed by atoms with Crippen molar-refractivity contribution in [2.75, 3.05) is 19.6 Å². The lowest BCUT2D eigenvalue weighted by Crippen LogP contribution is -2.46. The molecule has 0 saturated carbocycles. The first-order valence-corrected chi connectivity index (χ1v) is 12.0. The van der Waals surface area contributed by atoms with Crippen LogP contribution in [-0.2, 0) is 20.9 Å². The zero-order valence-corrected chi connectivity index (χ0v) is 18.7. The number of rotatable bonds is 5. The van der Waals surface area contributed by atoms with Crippen LogP contribution >= 0.6 is 22.7 Å². The molecule has 2 aromatic heterocycles. The van der Waals surface area contributed by atoms with Crippen molar-refractivity contribution >= 4 is 56.6 Å². The van der Waals surface area contributed by atoms with E-state index in [2.05, 4.69) is 0 Å². The third-order valence-corrected chi connectivity index (χ3v) is 7.82. The molecule has 2 aliphatic heterocycles. The number of aromatic nitrogens is 1. The zero-order chi connectivity index (χ0) is 22.2. The minimum Gasteiger partial charge on any atom is -0.340 e. The Morgan fingerprint density at radius 1 is 1.06 bits per heavy atom. The molecule has 0 spiro atoms. The lowest BCUT2D eigenvalue weighted by atomic mass is 9.98. The first kappa shape index (κ1) is 20.8. The molecule has 5 rings (SSSR count). The zero-order valence-electron chi connectivity index (χ0n) is 17.1. The monoisotopic (exact) mass is 468 g/mol. The van der Waals surface area contributed by atoms with Gasteiger partial charge in [0.05, 0.1) is 21.8 Å². The number of imide groups is 2. The molecule has 0 radical (unpaired) electrons. The predicted molar refractivity (Wildman–Crippen MR) is 120 cm³/mol. The normalized spacial score (nSPS) is 19.4. The third-order valence-electron chi connectivity index (χ3n) is 5.76. The molecule has 2 saturated heterocycles. The number of thiazole rings is 1. The van der Waals surface area contributed by atoms with Crippen LogP contribution in [0.25, 0.3) is 10.2 Å². The highest BCUT2D eigenvalue weighted by molar-refractivity contribution is 7.18. The molecule has 4 heterocycles. The van der Waals surface area contributed by atoms with Crippen molar-refractivity contribution in [3.05, 3.63) is 51.7 Å². The van der Waals surface area contributed by atoms with E-state index < -0.39 is 24.4 Å². The van der Waals surface area contributed by atoms with Gasteiger partial charge in [-0.1, -0.05) is 18.2 Å². The molecule has 2 aliphatic rings. The molecule has 1 unspecified atom stereocenters. The molecule has 3 aromatic rings. The van der Waals surface area contributed by atoms with Gasteiger partial charge in [0, 0.05) is 23.9 Å². The van der Waals surface area contributed by atoms with Gasteiger partial charge in [-0.25, -0.2) is 14.7 Å². The number of piperidine rings is 1. The highest BCUT2D eigenvalue weighted by Crippen LogP contribution is 2.33. The molecule has 1 aromatic carbocycles. The van der Waals surface area contributed by atoms with Gasteiger partial charge in [0.1, 0.15) is 6.54 Å². The maximum atomic E-state index is 13.0. The van der Waals surface area contributed by atoms with Gasteiger partial charge in [-0.15, -0.1) is 22.7 Å². The Kier molecular flexibility index (Phi) is 5.48. The summed E-state index contributed by atoms with van der Waals surface area (Å²) in [6.45, 7) is 0.664. The SMILES string of the molecule is O=C(CN1C(=O)C(=O)N(Cc2cccs2)C1=O)N1CCCC(c2nc3ccccc3s2)C1. The van der Waals surface area contributed by atoms with Crippen LogP contribution in [0.5, 0.6) is 0 Å². The number of likely N-dealkylation sites (tertiary alicyclic amines) is 1. The van der Waals surface area contributed by atoms with Gasteiger partial charge in [0.2, 0.25) is 5.91 Å². The summed E-state index contributed by atoms with van der Waals surface area (Å²) in [6, 6.07) is 10.8. The summed E-state index contributed by atoms with van der Waals surface area (Å²) in [7, 11) is 0. The summed E-state index contributed by atoms with van der Waals surface area (Å²) < 4.78 is 1.11. The molecule has 0 aliphatic carbocycles. The lowest BCUT2D eigenvalue weighted by molar-refractivity contribution is -0.145. The Hall–Kier alpha value is -3.11. The number of carbonyl (C=O) groups excluding carboxylic acids is 4. The minimum absolute atomic E-state index is 0.0369. The average Bonchev–Trinajstić information content (AvgIpc) is 3.52. The van der Waals surface area contributed by atoms with Crippen molar-refractivity contribution in [3.63, 3.8) is 0 Å². The number of para-hydroxylation sites is 1. The summed E-state index contributed by atoms with van der Waals surface area (Å²) >= 11 is 3.03. The molecule has 164 valence electrons. The van der Waals surface area contributed by atoms with Crippen LogP contribution in [0.4, 0.5) is 4.79 Å². The highest BCUT2D eigenvalue weighted by atomic mass is 32.1. The maximum absolute atomic E-state index is 13.0. The van der Waals surface area contributed by atoms with E-state index in [0.29, 0.717) is 13.1 Å². The van der Waals surface area contributed by atoms with Gasteiger partial charge in [0.25, 0.3) is 0 Å². The second-order valence-corrected chi connectivity index (χ2v) is 9.94. The van der Waals surface area contributed by atoms with Crippen LogP contribution < -0.4 is 0 Å². The predicted octanol–water partition coefficient (Wildman–Crippen LogP) is 3.05. The lowest BCUT2D eigenvalue weighted by Gasteiger charge is -2.32. The van der Waals surface area contributed by atoms with Crippen molar-refractivity contribution < 1.29 is 19.2 Å². The molecule has 2 fully saturated rings. The smallest absolute Gasteiger partial charge is 0.335 e. The number of fused-ring (bicyclic) bond motifs is 1. The van der Waals surface area contributed by atoms with Crippen LogP contribution in [-0.4, -0.2) is 63.1 Å². The van der Waals surface area contributed by atoms with Crippen LogP contribution in [0.1, 0.15) is 28.6 Å². The van der Waals surface area contributed by atoms with Crippen LogP contribution in [0.3, 0.4) is 0 Å². The number of carbonyl (C=O) groups is 4. The van der Waals surface area contributed by atoms with Crippen molar-refractivity contribution in [1.82, 2.24) is 19.7 Å². The number of urea groups is 1. The van der Waals surface area contributed by atoms with E-state index in [9.17, 15) is 19.2 Å². The number of nitrogens with zero attached hydrogens (tertiary/aromatic N) is 4. The molecule has 8 nitrogen and oxygen atoms in total. The topological polar surface area (TPSA) is 90.9 Å². The first-order chi connectivity index (χ1) is 15.5. The van der Waals surface area contributed by atoms with E-state index in [-0.39, 0.29) is 18.4 Å². The average molecular weight is 469 g/mol. The Bertz CT molecular complexity index is 1170. The molecule has 0 bridgehead atoms. The third kappa shape index (κ3) is 3.80. The Morgan fingerprint density at radius 2 is 1.88 bits per heavy atom. The molecule has 1 atom stereocenters. The summed E-state index contributed by atoms with van der Waals surface area (Å²) in [5.41, 5.74) is 0.952. The fraction of sp³-hybridized carbons (Fsp3) is 0.318. The number of benzene rings is 1. The molecular formula is C22H20N4O4S2. The van der Waals surface area contributed by atoms with Gasteiger partial charge in [-0.05, 0) is 36.4 Å². The molecule has 5 amide bonds. The van der Waals surface area contributed by atoms with E-state index in [1.54, 1.807) is 22.3 Å². The van der Waals surface area contributed by atoms with E-state index in [4.69, 9.17) is 4.98 Å². The standard InChI is InChI=1S/C22H20N4O4S2/c27-18(13-26-21(29)20(28)25(22(26)30)12-15-6-4-10-31-15)24-9-3-5-14(11-24)19-23-16-7-1-2-8-17(16)32-19/h1-2,4,6-8,10,14H,3,5,9,11-13H2. The van der Waals surface area contributed by atoms with E-state index in [1.165, 1.54) is 11.3 Å². The van der Waals surface area contributed by atoms with Gasteiger partial charge >= 0.3 is 17.8 Å². The van der Waals surface area contributed by atoms with Crippen molar-refractivity contribution in [1.29, 1.82) is 0 Å². The van der Waals surface area contributed by atoms with Crippen LogP contribution in [0.2, 0.25) is 0 Å². The Balaban J connectivity index is 1.26. The van der Waals surface area contributed by atoms with E-state index in [1.807, 2.05) is 35.7 Å². The quantitative estimate of drug-likeness (QED) is 0.424. The second kappa shape index (κ2) is 8.44. The fourth-order valence-electron chi connectivity index (χ4n) is 4.09. The van der Waals surface area contributed by atoms with Crippen molar-refractivity contribution in [2.24, 2.45) is 0 Å². The van der Waals surface area contributed by atoms with Gasteiger partial charge in [-0.2, -0.15) is 0 Å². The first-order valence-electron chi connectivity index (χ1n) is 10.3. The molecule has 10 heteroatoms. The summed E-state index contributed by atoms with van der Waals surface area (Å²) in [5, 5.41) is 2.83. The fourth-order valence-corrected chi connectivity index (χ4v) is 5.88. The largest absolute Gasteiger partial charge is 0.340 e. The minimum atomic E-state index is -0.945. The number of thiophene rings is 1. The summed E-state index contributed by atoms with van der Waals surface area (Å²) in [6.07, 6.45) is 1.75. The highest BCUT2D eigenvalue weighted by Gasteiger charge is 2.45. The maximum Gasteiger partial charge on any atom is 0.335 e. The number of hydrogen-bond donors (Lipinski definition) is 0. The van der Waals surface area contributed by atoms with Crippen molar-refractivity contribution in [2.45, 2.75) is 25.3 Å². The van der Waals surface area contributed by atoms with Gasteiger partial charge in [-0.3, -0.25) is 19.3 Å². The number of hydrogen-bond acceptors (Lipinski definition) is 7. The molecule has 0 N–H and O–H groups in total. The number of amides is 5. The van der Waals surface area contributed by atoms with Crippen LogP contribution in [0.15, 0.2) is 41.8 Å². The van der Waals surface area contributed by atoms with Crippen molar-refractivity contribution in [3.8, 4) is 0 Å². The summed E-state index contributed by atoms with van der Waals surface area (Å²) in [5.74, 6) is -2.04. The second-order valence-electron chi connectivity index (χ2n) is 7.84. The summed E-state index contributed by atoms with van der Waals surface area (Å²) in [4.78, 5) is 59.2. The van der Waals surface area contributed by atoms with Crippen LogP contribution in [0, 0.1) is 0 Å². The van der Waals surface area contributed by atoms with Gasteiger partial charge < -0.3 is 4.90 Å². The molecular weight excluding hydrogens is 448 g/mol. The van der Waals surface area contributed by atoms with E-state index >= 15 is 0 Å².